The molecule has 7 heteroatoms. The van der Waals surface area contributed by atoms with Crippen LogP contribution in [0.25, 0.3) is 0 Å². The number of carbonyl (C=O) groups is 1. The third-order valence-electron chi connectivity index (χ3n) is 2.88. The Morgan fingerprint density at radius 1 is 1.32 bits per heavy atom. The standard InChI is InChI=1S/C15H19ClN4OS/c1-9(2)8-13-18-15(20-19-13)22-10(3)14(21)17-12-6-4-11(16)5-7-12/h4-7,9-10H,8H2,1-3H3,(H,17,21)(H,18,19,20)/t10-/m1/s1. The van der Waals surface area contributed by atoms with Crippen molar-refractivity contribution in [2.75, 3.05) is 5.32 Å². The van der Waals surface area contributed by atoms with Gasteiger partial charge in [-0.3, -0.25) is 9.89 Å². The summed E-state index contributed by atoms with van der Waals surface area (Å²) in [6.45, 7) is 6.07. The number of aromatic amines is 1. The Morgan fingerprint density at radius 2 is 2.00 bits per heavy atom. The molecule has 0 saturated carbocycles. The van der Waals surface area contributed by atoms with Crippen molar-refractivity contribution in [3.63, 3.8) is 0 Å². The monoisotopic (exact) mass is 338 g/mol. The molecule has 0 unspecified atom stereocenters. The molecule has 1 heterocycles. The topological polar surface area (TPSA) is 70.7 Å². The molecular weight excluding hydrogens is 320 g/mol. The third kappa shape index (κ3) is 5.03. The molecule has 2 N–H and O–H groups in total. The first-order chi connectivity index (χ1) is 10.4. The van der Waals surface area contributed by atoms with Gasteiger partial charge in [0.1, 0.15) is 5.82 Å². The van der Waals surface area contributed by atoms with Gasteiger partial charge in [-0.15, -0.1) is 5.10 Å². The minimum atomic E-state index is -0.293. The van der Waals surface area contributed by atoms with Crippen molar-refractivity contribution < 1.29 is 4.79 Å². The van der Waals surface area contributed by atoms with E-state index in [0.717, 1.165) is 17.9 Å². The van der Waals surface area contributed by atoms with E-state index in [0.29, 0.717) is 16.1 Å². The molecule has 2 aromatic rings. The van der Waals surface area contributed by atoms with Crippen LogP contribution in [0.15, 0.2) is 29.4 Å². The van der Waals surface area contributed by atoms with Gasteiger partial charge in [0.2, 0.25) is 11.1 Å². The van der Waals surface area contributed by atoms with Crippen LogP contribution in [0.1, 0.15) is 26.6 Å². The van der Waals surface area contributed by atoms with Crippen molar-refractivity contribution in [3.8, 4) is 0 Å². The number of H-pyrrole nitrogens is 1. The highest BCUT2D eigenvalue weighted by Crippen LogP contribution is 2.21. The molecule has 0 saturated heterocycles. The van der Waals surface area contributed by atoms with Gasteiger partial charge < -0.3 is 5.32 Å². The molecule has 118 valence electrons. The number of hydrogen-bond acceptors (Lipinski definition) is 4. The maximum Gasteiger partial charge on any atom is 0.237 e. The second-order valence-corrected chi connectivity index (χ2v) is 7.16. The molecule has 22 heavy (non-hydrogen) atoms. The molecule has 1 atom stereocenters. The van der Waals surface area contributed by atoms with Gasteiger partial charge >= 0.3 is 0 Å². The smallest absolute Gasteiger partial charge is 0.237 e. The van der Waals surface area contributed by atoms with E-state index >= 15 is 0 Å². The summed E-state index contributed by atoms with van der Waals surface area (Å²) in [5.41, 5.74) is 0.720. The van der Waals surface area contributed by atoms with Crippen LogP contribution in [0.2, 0.25) is 5.02 Å². The Morgan fingerprint density at radius 3 is 2.64 bits per heavy atom. The van der Waals surface area contributed by atoms with Crippen LogP contribution in [0.4, 0.5) is 5.69 Å². The lowest BCUT2D eigenvalue weighted by Crippen LogP contribution is -2.22. The van der Waals surface area contributed by atoms with E-state index in [-0.39, 0.29) is 11.2 Å². The van der Waals surface area contributed by atoms with Gasteiger partial charge in [-0.05, 0) is 37.1 Å². The number of amides is 1. The second kappa shape index (κ2) is 7.65. The first-order valence-electron chi connectivity index (χ1n) is 7.08. The number of benzene rings is 1. The van der Waals surface area contributed by atoms with E-state index in [1.807, 2.05) is 6.92 Å². The highest BCUT2D eigenvalue weighted by Gasteiger charge is 2.17. The maximum absolute atomic E-state index is 12.2. The predicted octanol–water partition coefficient (Wildman–Crippen LogP) is 3.78. The fraction of sp³-hybridized carbons (Fsp3) is 0.400. The number of hydrogen-bond donors (Lipinski definition) is 2. The van der Waals surface area contributed by atoms with Crippen LogP contribution in [-0.2, 0) is 11.2 Å². The minimum Gasteiger partial charge on any atom is -0.325 e. The predicted molar refractivity (Wildman–Crippen MR) is 90.3 cm³/mol. The summed E-state index contributed by atoms with van der Waals surface area (Å²) in [7, 11) is 0. The second-order valence-electron chi connectivity index (χ2n) is 5.42. The zero-order valence-electron chi connectivity index (χ0n) is 12.8. The van der Waals surface area contributed by atoms with Crippen LogP contribution < -0.4 is 5.32 Å². The highest BCUT2D eigenvalue weighted by atomic mass is 35.5. The average Bonchev–Trinajstić information content (AvgIpc) is 2.87. The van der Waals surface area contributed by atoms with Crippen LogP contribution in [-0.4, -0.2) is 26.3 Å². The summed E-state index contributed by atoms with van der Waals surface area (Å²) < 4.78 is 0. The molecule has 0 aliphatic carbocycles. The number of halogens is 1. The fourth-order valence-corrected chi connectivity index (χ4v) is 2.67. The first kappa shape index (κ1) is 16.8. The Labute approximate surface area is 139 Å². The van der Waals surface area contributed by atoms with Crippen molar-refractivity contribution in [1.82, 2.24) is 15.2 Å². The van der Waals surface area contributed by atoms with Crippen molar-refractivity contribution in [1.29, 1.82) is 0 Å². The Hall–Kier alpha value is -1.53. The summed E-state index contributed by atoms with van der Waals surface area (Å²) in [6, 6.07) is 7.02. The number of carbonyl (C=O) groups excluding carboxylic acids is 1. The zero-order chi connectivity index (χ0) is 16.1. The normalized spacial score (nSPS) is 12.4. The summed E-state index contributed by atoms with van der Waals surface area (Å²) in [4.78, 5) is 16.5. The quantitative estimate of drug-likeness (QED) is 0.786. The molecule has 1 aromatic heterocycles. The molecule has 0 radical (unpaired) electrons. The average molecular weight is 339 g/mol. The Kier molecular flexibility index (Phi) is 5.85. The van der Waals surface area contributed by atoms with Crippen molar-refractivity contribution in [3.05, 3.63) is 35.1 Å². The molecule has 0 aliphatic rings. The van der Waals surface area contributed by atoms with Gasteiger partial charge in [-0.1, -0.05) is 37.2 Å². The van der Waals surface area contributed by atoms with E-state index < -0.39 is 0 Å². The number of anilines is 1. The fourth-order valence-electron chi connectivity index (χ4n) is 1.80. The lowest BCUT2D eigenvalue weighted by molar-refractivity contribution is -0.115. The molecule has 0 spiro atoms. The Balaban J connectivity index is 1.90. The van der Waals surface area contributed by atoms with Gasteiger partial charge in [0.15, 0.2) is 0 Å². The zero-order valence-corrected chi connectivity index (χ0v) is 14.3. The van der Waals surface area contributed by atoms with E-state index in [4.69, 9.17) is 11.6 Å². The highest BCUT2D eigenvalue weighted by molar-refractivity contribution is 8.00. The number of rotatable bonds is 6. The summed E-state index contributed by atoms with van der Waals surface area (Å²) in [6.07, 6.45) is 0.846. The van der Waals surface area contributed by atoms with Crippen molar-refractivity contribution in [2.45, 2.75) is 37.6 Å². The maximum atomic E-state index is 12.2. The van der Waals surface area contributed by atoms with E-state index in [2.05, 4.69) is 34.3 Å². The van der Waals surface area contributed by atoms with Gasteiger partial charge in [-0.25, -0.2) is 4.98 Å². The minimum absolute atomic E-state index is 0.0949. The first-order valence-corrected chi connectivity index (χ1v) is 8.34. The van der Waals surface area contributed by atoms with Gasteiger partial charge in [0.05, 0.1) is 5.25 Å². The Bertz CT molecular complexity index is 627. The van der Waals surface area contributed by atoms with Crippen LogP contribution in [0, 0.1) is 5.92 Å². The summed E-state index contributed by atoms with van der Waals surface area (Å²) in [5.74, 6) is 1.27. The van der Waals surface area contributed by atoms with Gasteiger partial charge in [0, 0.05) is 17.1 Å². The molecule has 0 fully saturated rings. The van der Waals surface area contributed by atoms with E-state index in [9.17, 15) is 4.79 Å². The molecule has 0 aliphatic heterocycles. The molecular formula is C15H19ClN4OS. The molecule has 0 bridgehead atoms. The number of thioether (sulfide) groups is 1. The van der Waals surface area contributed by atoms with Gasteiger partial charge in [0.25, 0.3) is 0 Å². The van der Waals surface area contributed by atoms with Crippen molar-refractivity contribution in [2.24, 2.45) is 5.92 Å². The van der Waals surface area contributed by atoms with Crippen molar-refractivity contribution >= 4 is 35.0 Å². The molecule has 5 nitrogen and oxygen atoms in total. The largest absolute Gasteiger partial charge is 0.325 e. The SMILES string of the molecule is CC(C)Cc1nc(S[C@H](C)C(=O)Nc2ccc(Cl)cc2)n[nH]1. The summed E-state index contributed by atoms with van der Waals surface area (Å²) in [5, 5.41) is 10.8. The molecule has 2 rings (SSSR count). The molecule has 1 aromatic carbocycles. The number of nitrogens with one attached hydrogen (secondary N) is 2. The van der Waals surface area contributed by atoms with Crippen LogP contribution in [0.3, 0.4) is 0 Å². The third-order valence-corrected chi connectivity index (χ3v) is 4.09. The number of aromatic nitrogens is 3. The lowest BCUT2D eigenvalue weighted by Gasteiger charge is -2.10. The number of nitrogens with zero attached hydrogens (tertiary/aromatic N) is 2. The van der Waals surface area contributed by atoms with Crippen LogP contribution >= 0.6 is 23.4 Å². The van der Waals surface area contributed by atoms with E-state index in [1.54, 1.807) is 24.3 Å². The lowest BCUT2D eigenvalue weighted by atomic mass is 10.1. The van der Waals surface area contributed by atoms with E-state index in [1.165, 1.54) is 11.8 Å². The molecule has 1 amide bonds. The van der Waals surface area contributed by atoms with Gasteiger partial charge in [-0.2, -0.15) is 0 Å². The van der Waals surface area contributed by atoms with Crippen LogP contribution in [0.5, 0.6) is 0 Å². The summed E-state index contributed by atoms with van der Waals surface area (Å²) >= 11 is 7.15.